The van der Waals surface area contributed by atoms with Crippen LogP contribution in [0.3, 0.4) is 0 Å². The number of hydrogen-bond acceptors (Lipinski definition) is 5. The number of esters is 1. The number of pyridine rings is 1. The Bertz CT molecular complexity index is 693. The average Bonchev–Trinajstić information content (AvgIpc) is 2.78. The van der Waals surface area contributed by atoms with Gasteiger partial charge in [0.05, 0.1) is 23.6 Å². The summed E-state index contributed by atoms with van der Waals surface area (Å²) >= 11 is 0. The molecule has 0 bridgehead atoms. The Hall–Kier alpha value is -2.88. The number of ether oxygens (including phenoxy) is 1. The fourth-order valence-corrected chi connectivity index (χ4v) is 1.38. The van der Waals surface area contributed by atoms with Crippen molar-refractivity contribution in [3.8, 4) is 11.8 Å². The van der Waals surface area contributed by atoms with Crippen LogP contribution in [0.4, 0.5) is 5.69 Å². The van der Waals surface area contributed by atoms with Gasteiger partial charge in [-0.3, -0.25) is 10.1 Å². The maximum absolute atomic E-state index is 10.8. The third kappa shape index (κ3) is 2.12. The third-order valence-corrected chi connectivity index (χ3v) is 2.20. The Labute approximate surface area is 101 Å². The number of nitrogens with one attached hydrogen (secondary N) is 1. The SMILES string of the molecule is COC(=O)C#Cc1cnc2[nH]cc([N+](=O)[O-])c2c1. The Morgan fingerprint density at radius 3 is 3.06 bits per heavy atom. The number of aromatic amines is 1. The lowest BCUT2D eigenvalue weighted by atomic mass is 10.2. The van der Waals surface area contributed by atoms with E-state index >= 15 is 0 Å². The van der Waals surface area contributed by atoms with E-state index in [1.807, 2.05) is 0 Å². The molecule has 0 unspecified atom stereocenters. The molecule has 0 atom stereocenters. The lowest BCUT2D eigenvalue weighted by Gasteiger charge is -1.91. The molecule has 7 nitrogen and oxygen atoms in total. The molecule has 2 rings (SSSR count). The Balaban J connectivity index is 2.48. The van der Waals surface area contributed by atoms with Gasteiger partial charge in [-0.25, -0.2) is 9.78 Å². The number of methoxy groups -OCH3 is 1. The second kappa shape index (κ2) is 4.55. The lowest BCUT2D eigenvalue weighted by molar-refractivity contribution is -0.383. The highest BCUT2D eigenvalue weighted by Crippen LogP contribution is 2.23. The minimum atomic E-state index is -0.682. The van der Waals surface area contributed by atoms with Crippen molar-refractivity contribution >= 4 is 22.7 Å². The topological polar surface area (TPSA) is 98.1 Å². The second-order valence-corrected chi connectivity index (χ2v) is 3.29. The number of H-pyrrole nitrogens is 1. The van der Waals surface area contributed by atoms with Gasteiger partial charge in [0.2, 0.25) is 0 Å². The maximum atomic E-state index is 10.8. The molecule has 2 heterocycles. The van der Waals surface area contributed by atoms with Crippen LogP contribution in [0.25, 0.3) is 11.0 Å². The molecule has 0 radical (unpaired) electrons. The first kappa shape index (κ1) is 11.6. The number of rotatable bonds is 1. The van der Waals surface area contributed by atoms with Crippen molar-refractivity contribution < 1.29 is 14.5 Å². The van der Waals surface area contributed by atoms with Crippen LogP contribution < -0.4 is 0 Å². The molecular weight excluding hydrogens is 238 g/mol. The first-order chi connectivity index (χ1) is 8.61. The predicted molar refractivity (Wildman–Crippen MR) is 61.6 cm³/mol. The van der Waals surface area contributed by atoms with Crippen molar-refractivity contribution in [2.75, 3.05) is 7.11 Å². The van der Waals surface area contributed by atoms with Crippen molar-refractivity contribution in [1.82, 2.24) is 9.97 Å². The van der Waals surface area contributed by atoms with Crippen LogP contribution in [0.2, 0.25) is 0 Å². The summed E-state index contributed by atoms with van der Waals surface area (Å²) in [4.78, 5) is 27.7. The summed E-state index contributed by atoms with van der Waals surface area (Å²) in [6.45, 7) is 0. The van der Waals surface area contributed by atoms with E-state index in [2.05, 4.69) is 26.5 Å². The van der Waals surface area contributed by atoms with E-state index in [-0.39, 0.29) is 5.69 Å². The minimum Gasteiger partial charge on any atom is -0.459 e. The van der Waals surface area contributed by atoms with Crippen molar-refractivity contribution in [1.29, 1.82) is 0 Å². The van der Waals surface area contributed by atoms with Crippen LogP contribution in [0, 0.1) is 22.0 Å². The van der Waals surface area contributed by atoms with Crippen molar-refractivity contribution in [2.24, 2.45) is 0 Å². The second-order valence-electron chi connectivity index (χ2n) is 3.29. The minimum absolute atomic E-state index is 0.0841. The Morgan fingerprint density at radius 1 is 1.61 bits per heavy atom. The first-order valence-corrected chi connectivity index (χ1v) is 4.83. The number of fused-ring (bicyclic) bond motifs is 1. The summed E-state index contributed by atoms with van der Waals surface area (Å²) in [6.07, 6.45) is 2.67. The number of hydrogen-bond donors (Lipinski definition) is 1. The number of carbonyl (C=O) groups is 1. The average molecular weight is 245 g/mol. The van der Waals surface area contributed by atoms with Gasteiger partial charge in [-0.1, -0.05) is 5.92 Å². The summed E-state index contributed by atoms with van der Waals surface area (Å²) in [5.74, 6) is 4.06. The van der Waals surface area contributed by atoms with Crippen molar-refractivity contribution in [3.05, 3.63) is 34.1 Å². The van der Waals surface area contributed by atoms with Crippen LogP contribution in [0.1, 0.15) is 5.56 Å². The van der Waals surface area contributed by atoms with E-state index in [4.69, 9.17) is 0 Å². The van der Waals surface area contributed by atoms with Gasteiger partial charge in [0, 0.05) is 17.7 Å². The zero-order chi connectivity index (χ0) is 13.1. The number of nitrogens with zero attached hydrogens (tertiary/aromatic N) is 2. The Morgan fingerprint density at radius 2 is 2.39 bits per heavy atom. The standard InChI is InChI=1S/C11H7N3O4/c1-18-10(15)3-2-7-4-8-9(14(16)17)6-13-11(8)12-5-7/h4-6H,1H3,(H,12,13). The van der Waals surface area contributed by atoms with Crippen LogP contribution in [-0.4, -0.2) is 28.0 Å². The summed E-state index contributed by atoms with van der Waals surface area (Å²) in [7, 11) is 1.22. The van der Waals surface area contributed by atoms with E-state index in [1.165, 1.54) is 25.6 Å². The monoisotopic (exact) mass is 245 g/mol. The van der Waals surface area contributed by atoms with Gasteiger partial charge >= 0.3 is 5.97 Å². The molecule has 1 N–H and O–H groups in total. The zero-order valence-electron chi connectivity index (χ0n) is 9.26. The molecule has 0 spiro atoms. The molecule has 0 aliphatic carbocycles. The van der Waals surface area contributed by atoms with Crippen LogP contribution in [-0.2, 0) is 9.53 Å². The fourth-order valence-electron chi connectivity index (χ4n) is 1.38. The molecule has 0 aliphatic heterocycles. The molecule has 2 aromatic rings. The summed E-state index contributed by atoms with van der Waals surface area (Å²) in [5.41, 5.74) is 0.708. The van der Waals surface area contributed by atoms with Gasteiger partial charge in [0.1, 0.15) is 5.65 Å². The zero-order valence-corrected chi connectivity index (χ0v) is 9.26. The van der Waals surface area contributed by atoms with E-state index in [0.29, 0.717) is 16.6 Å². The molecule has 90 valence electrons. The fraction of sp³-hybridized carbons (Fsp3) is 0.0909. The molecular formula is C11H7N3O4. The number of aromatic nitrogens is 2. The molecule has 2 aromatic heterocycles. The normalized spacial score (nSPS) is 9.61. The van der Waals surface area contributed by atoms with Crippen LogP contribution >= 0.6 is 0 Å². The highest BCUT2D eigenvalue weighted by molar-refractivity contribution is 5.90. The van der Waals surface area contributed by atoms with Crippen molar-refractivity contribution in [3.63, 3.8) is 0 Å². The molecule has 0 aromatic carbocycles. The maximum Gasteiger partial charge on any atom is 0.384 e. The predicted octanol–water partition coefficient (Wildman–Crippen LogP) is 0.996. The highest BCUT2D eigenvalue weighted by Gasteiger charge is 2.14. The summed E-state index contributed by atoms with van der Waals surface area (Å²) in [5, 5.41) is 11.1. The quantitative estimate of drug-likeness (QED) is 0.349. The molecule has 0 fully saturated rings. The summed E-state index contributed by atoms with van der Waals surface area (Å²) in [6, 6.07) is 1.49. The largest absolute Gasteiger partial charge is 0.459 e. The van der Waals surface area contributed by atoms with Gasteiger partial charge in [-0.05, 0) is 6.07 Å². The smallest absolute Gasteiger partial charge is 0.384 e. The van der Waals surface area contributed by atoms with Gasteiger partial charge < -0.3 is 9.72 Å². The number of carbonyl (C=O) groups excluding carboxylic acids is 1. The third-order valence-electron chi connectivity index (χ3n) is 2.20. The van der Waals surface area contributed by atoms with Gasteiger partial charge in [0.15, 0.2) is 0 Å². The van der Waals surface area contributed by atoms with E-state index < -0.39 is 10.9 Å². The van der Waals surface area contributed by atoms with E-state index in [9.17, 15) is 14.9 Å². The molecule has 18 heavy (non-hydrogen) atoms. The van der Waals surface area contributed by atoms with E-state index in [1.54, 1.807) is 0 Å². The summed E-state index contributed by atoms with van der Waals surface area (Å²) < 4.78 is 4.36. The molecule has 7 heteroatoms. The highest BCUT2D eigenvalue weighted by atomic mass is 16.6. The lowest BCUT2D eigenvalue weighted by Crippen LogP contribution is -1.94. The molecule has 0 aliphatic rings. The Kier molecular flexibility index (Phi) is 2.93. The molecule has 0 saturated heterocycles. The molecule has 0 saturated carbocycles. The van der Waals surface area contributed by atoms with Crippen LogP contribution in [0.15, 0.2) is 18.5 Å². The van der Waals surface area contributed by atoms with Crippen LogP contribution in [0.5, 0.6) is 0 Å². The number of nitro groups is 1. The molecule has 0 amide bonds. The van der Waals surface area contributed by atoms with Gasteiger partial charge in [0.25, 0.3) is 5.69 Å². The van der Waals surface area contributed by atoms with E-state index in [0.717, 1.165) is 0 Å². The van der Waals surface area contributed by atoms with Gasteiger partial charge in [-0.15, -0.1) is 0 Å². The first-order valence-electron chi connectivity index (χ1n) is 4.83. The van der Waals surface area contributed by atoms with Crippen molar-refractivity contribution in [2.45, 2.75) is 0 Å². The van der Waals surface area contributed by atoms with Gasteiger partial charge in [-0.2, -0.15) is 0 Å².